The lowest BCUT2D eigenvalue weighted by molar-refractivity contribution is -0.141. The third kappa shape index (κ3) is 3.38. The summed E-state index contributed by atoms with van der Waals surface area (Å²) < 4.78 is 0. The highest BCUT2D eigenvalue weighted by Crippen LogP contribution is 2.34. The van der Waals surface area contributed by atoms with Gasteiger partial charge in [0.2, 0.25) is 0 Å². The third-order valence-corrected chi connectivity index (χ3v) is 5.75. The largest absolute Gasteiger partial charge is 0.481 e. The summed E-state index contributed by atoms with van der Waals surface area (Å²) >= 11 is 1.56. The van der Waals surface area contributed by atoms with Crippen molar-refractivity contribution in [2.75, 3.05) is 13.1 Å². The summed E-state index contributed by atoms with van der Waals surface area (Å²) in [7, 11) is 0. The van der Waals surface area contributed by atoms with Gasteiger partial charge in [-0.15, -0.1) is 11.3 Å². The number of aromatic amines is 1. The van der Waals surface area contributed by atoms with Crippen LogP contribution in [0.25, 0.3) is 11.3 Å². The van der Waals surface area contributed by atoms with Crippen LogP contribution in [0.3, 0.4) is 0 Å². The van der Waals surface area contributed by atoms with Gasteiger partial charge >= 0.3 is 5.97 Å². The molecule has 2 unspecified atom stereocenters. The van der Waals surface area contributed by atoms with Crippen molar-refractivity contribution in [3.63, 3.8) is 0 Å². The maximum Gasteiger partial charge on any atom is 0.308 e. The lowest BCUT2D eigenvalue weighted by atomic mass is 9.89. The minimum Gasteiger partial charge on any atom is -0.481 e. The van der Waals surface area contributed by atoms with E-state index in [2.05, 4.69) is 9.97 Å². The second kappa shape index (κ2) is 7.00. The zero-order valence-corrected chi connectivity index (χ0v) is 15.6. The molecule has 1 aromatic carbocycles. The monoisotopic (exact) mass is 381 g/mol. The van der Waals surface area contributed by atoms with Crippen molar-refractivity contribution in [1.82, 2.24) is 14.9 Å². The Bertz CT molecular complexity index is 979. The molecule has 1 fully saturated rings. The smallest absolute Gasteiger partial charge is 0.308 e. The van der Waals surface area contributed by atoms with Gasteiger partial charge in [-0.05, 0) is 18.6 Å². The van der Waals surface area contributed by atoms with Crippen LogP contribution >= 0.6 is 11.3 Å². The number of amides is 1. The number of nitrogens with one attached hydrogen (secondary N) is 1. The molecule has 6 nitrogen and oxygen atoms in total. The molecular formula is C20H19N3O3S. The van der Waals surface area contributed by atoms with Crippen molar-refractivity contribution in [1.29, 1.82) is 0 Å². The van der Waals surface area contributed by atoms with Gasteiger partial charge in [0.05, 0.1) is 16.6 Å². The number of carbonyl (C=O) groups is 2. The van der Waals surface area contributed by atoms with E-state index < -0.39 is 11.9 Å². The van der Waals surface area contributed by atoms with E-state index in [0.29, 0.717) is 12.2 Å². The molecule has 0 aliphatic carbocycles. The van der Waals surface area contributed by atoms with E-state index in [-0.39, 0.29) is 18.4 Å². The Balaban J connectivity index is 1.56. The number of carbonyl (C=O) groups excluding carboxylic acids is 1. The summed E-state index contributed by atoms with van der Waals surface area (Å²) in [5.41, 5.74) is 3.09. The highest BCUT2D eigenvalue weighted by Gasteiger charge is 2.40. The predicted octanol–water partition coefficient (Wildman–Crippen LogP) is 3.39. The number of hydrogen-bond acceptors (Lipinski definition) is 4. The molecule has 3 heterocycles. The summed E-state index contributed by atoms with van der Waals surface area (Å²) in [6.07, 6.45) is 1.77. The number of carboxylic acid groups (broad SMARTS) is 1. The maximum atomic E-state index is 12.9. The van der Waals surface area contributed by atoms with Crippen molar-refractivity contribution in [3.05, 3.63) is 64.2 Å². The Morgan fingerprint density at radius 3 is 2.70 bits per heavy atom. The van der Waals surface area contributed by atoms with Gasteiger partial charge in [-0.2, -0.15) is 0 Å². The minimum atomic E-state index is -0.871. The molecule has 3 aromatic rings. The fourth-order valence-corrected chi connectivity index (χ4v) is 4.21. The summed E-state index contributed by atoms with van der Waals surface area (Å²) in [5, 5.41) is 12.5. The Labute approximate surface area is 160 Å². The summed E-state index contributed by atoms with van der Waals surface area (Å²) in [5.74, 6) is -1.86. The van der Waals surface area contributed by atoms with E-state index in [1.807, 2.05) is 42.6 Å². The predicted molar refractivity (Wildman–Crippen MR) is 103 cm³/mol. The molecule has 1 aliphatic heterocycles. The summed E-state index contributed by atoms with van der Waals surface area (Å²) in [4.78, 5) is 33.7. The Morgan fingerprint density at radius 1 is 1.26 bits per heavy atom. The van der Waals surface area contributed by atoms with Crippen molar-refractivity contribution in [2.45, 2.75) is 12.8 Å². The number of likely N-dealkylation sites (tertiary alicyclic amines) is 1. The van der Waals surface area contributed by atoms with E-state index >= 15 is 0 Å². The van der Waals surface area contributed by atoms with Crippen LogP contribution in [-0.4, -0.2) is 44.9 Å². The molecule has 2 aromatic heterocycles. The van der Waals surface area contributed by atoms with E-state index in [1.54, 1.807) is 28.5 Å². The molecule has 2 atom stereocenters. The van der Waals surface area contributed by atoms with E-state index in [4.69, 9.17) is 0 Å². The average Bonchev–Trinajstić information content (AvgIpc) is 3.40. The molecule has 0 radical (unpaired) electrons. The lowest BCUT2D eigenvalue weighted by Crippen LogP contribution is -2.30. The lowest BCUT2D eigenvalue weighted by Gasteiger charge is -2.15. The Morgan fingerprint density at radius 2 is 2.04 bits per heavy atom. The first-order valence-corrected chi connectivity index (χ1v) is 9.59. The molecule has 4 rings (SSSR count). The number of rotatable bonds is 4. The van der Waals surface area contributed by atoms with Crippen molar-refractivity contribution in [3.8, 4) is 11.3 Å². The second-order valence-electron chi connectivity index (χ2n) is 6.73. The first-order valence-electron chi connectivity index (χ1n) is 8.71. The number of benzene rings is 1. The van der Waals surface area contributed by atoms with Gasteiger partial charge in [-0.3, -0.25) is 9.59 Å². The van der Waals surface area contributed by atoms with Crippen LogP contribution in [0.1, 0.15) is 27.0 Å². The minimum absolute atomic E-state index is 0.183. The number of nitrogens with zero attached hydrogens (tertiary/aromatic N) is 2. The molecular weight excluding hydrogens is 362 g/mol. The normalized spacial score (nSPS) is 19.4. The quantitative estimate of drug-likeness (QED) is 0.725. The van der Waals surface area contributed by atoms with Crippen LogP contribution in [-0.2, 0) is 4.79 Å². The van der Waals surface area contributed by atoms with E-state index in [9.17, 15) is 14.7 Å². The topological polar surface area (TPSA) is 86.3 Å². The van der Waals surface area contributed by atoms with Crippen LogP contribution in [0.15, 0.2) is 48.0 Å². The number of thiazole rings is 1. The molecule has 1 amide bonds. The van der Waals surface area contributed by atoms with Crippen LogP contribution in [0.4, 0.5) is 0 Å². The van der Waals surface area contributed by atoms with Crippen LogP contribution < -0.4 is 0 Å². The molecule has 1 saturated heterocycles. The van der Waals surface area contributed by atoms with E-state index in [1.165, 1.54) is 0 Å². The summed E-state index contributed by atoms with van der Waals surface area (Å²) in [6.45, 7) is 2.54. The highest BCUT2D eigenvalue weighted by atomic mass is 32.1. The SMILES string of the molecule is Cc1nc(-c2c[nH]c(C(=O)N3CC(C(=O)O)C(c4ccccc4)C3)c2)cs1. The van der Waals surface area contributed by atoms with Crippen molar-refractivity contribution in [2.24, 2.45) is 5.92 Å². The van der Waals surface area contributed by atoms with Gasteiger partial charge in [-0.1, -0.05) is 30.3 Å². The number of carboxylic acids is 1. The van der Waals surface area contributed by atoms with Gasteiger partial charge in [0, 0.05) is 36.1 Å². The maximum absolute atomic E-state index is 12.9. The van der Waals surface area contributed by atoms with Gasteiger partial charge < -0.3 is 15.0 Å². The van der Waals surface area contributed by atoms with Crippen LogP contribution in [0.2, 0.25) is 0 Å². The first kappa shape index (κ1) is 17.5. The molecule has 2 N–H and O–H groups in total. The number of aromatic nitrogens is 2. The van der Waals surface area contributed by atoms with Crippen LogP contribution in [0, 0.1) is 12.8 Å². The van der Waals surface area contributed by atoms with Gasteiger partial charge in [0.25, 0.3) is 5.91 Å². The number of H-pyrrole nitrogens is 1. The standard InChI is InChI=1S/C20H19N3O3S/c1-12-22-18(11-27-12)14-7-17(21-8-14)19(24)23-9-15(16(10-23)20(25)26)13-5-3-2-4-6-13/h2-8,11,15-16,21H,9-10H2,1H3,(H,25,26). The molecule has 27 heavy (non-hydrogen) atoms. The van der Waals surface area contributed by atoms with Gasteiger partial charge in [0.15, 0.2) is 0 Å². The summed E-state index contributed by atoms with van der Waals surface area (Å²) in [6, 6.07) is 11.3. The molecule has 138 valence electrons. The number of hydrogen-bond donors (Lipinski definition) is 2. The molecule has 1 aliphatic rings. The Hall–Kier alpha value is -2.93. The van der Waals surface area contributed by atoms with Crippen LogP contribution in [0.5, 0.6) is 0 Å². The second-order valence-corrected chi connectivity index (χ2v) is 7.79. The van der Waals surface area contributed by atoms with Gasteiger partial charge in [-0.25, -0.2) is 4.98 Å². The zero-order valence-electron chi connectivity index (χ0n) is 14.8. The fourth-order valence-electron chi connectivity index (χ4n) is 3.59. The number of aliphatic carboxylic acids is 1. The molecule has 7 heteroatoms. The van der Waals surface area contributed by atoms with Gasteiger partial charge in [0.1, 0.15) is 5.69 Å². The fraction of sp³-hybridized carbons (Fsp3) is 0.250. The third-order valence-electron chi connectivity index (χ3n) is 4.98. The molecule has 0 bridgehead atoms. The number of aryl methyl sites for hydroxylation is 1. The zero-order chi connectivity index (χ0) is 19.0. The molecule has 0 spiro atoms. The van der Waals surface area contributed by atoms with Crippen molar-refractivity contribution < 1.29 is 14.7 Å². The molecule has 0 saturated carbocycles. The Kier molecular flexibility index (Phi) is 4.53. The average molecular weight is 381 g/mol. The van der Waals surface area contributed by atoms with E-state index in [0.717, 1.165) is 21.8 Å². The first-order chi connectivity index (χ1) is 13.0. The highest BCUT2D eigenvalue weighted by molar-refractivity contribution is 7.09. The van der Waals surface area contributed by atoms with Crippen molar-refractivity contribution >= 4 is 23.2 Å².